The highest BCUT2D eigenvalue weighted by molar-refractivity contribution is 7.20. The van der Waals surface area contributed by atoms with Gasteiger partial charge in [-0.1, -0.05) is 36.4 Å². The first-order valence-corrected chi connectivity index (χ1v) is 8.47. The van der Waals surface area contributed by atoms with Gasteiger partial charge in [-0.2, -0.15) is 0 Å². The number of hydroxylamine groups is 1. The van der Waals surface area contributed by atoms with Gasteiger partial charge in [-0.15, -0.1) is 11.3 Å². The summed E-state index contributed by atoms with van der Waals surface area (Å²) in [6, 6.07) is 15.9. The summed E-state index contributed by atoms with van der Waals surface area (Å²) in [5.41, 5.74) is 9.20. The van der Waals surface area contributed by atoms with Crippen LogP contribution in [-0.4, -0.2) is 23.1 Å². The molecule has 6 nitrogen and oxygen atoms in total. The monoisotopic (exact) mass is 355 g/mol. The third-order valence-electron chi connectivity index (χ3n) is 3.75. The highest BCUT2D eigenvalue weighted by Gasteiger charge is 2.15. The van der Waals surface area contributed by atoms with Crippen molar-refractivity contribution in [1.29, 1.82) is 0 Å². The Balaban J connectivity index is 1.71. The number of carbonyl (C=O) groups is 2. The second-order valence-corrected chi connectivity index (χ2v) is 6.67. The lowest BCUT2D eigenvalue weighted by atomic mass is 10.1. The first kappa shape index (κ1) is 17.1. The predicted molar refractivity (Wildman–Crippen MR) is 97.8 cm³/mol. The lowest BCUT2D eigenvalue weighted by molar-refractivity contribution is -0.117. The largest absolute Gasteiger partial charge is 0.325 e. The molecule has 5 N–H and O–H groups in total. The van der Waals surface area contributed by atoms with Crippen LogP contribution in [0.15, 0.2) is 54.6 Å². The number of nitrogens with one attached hydrogen (secondary N) is 2. The van der Waals surface area contributed by atoms with E-state index in [0.29, 0.717) is 17.0 Å². The summed E-state index contributed by atoms with van der Waals surface area (Å²) in [5.74, 6) is -0.829. The molecule has 0 aliphatic carbocycles. The number of amides is 2. The fraction of sp³-hybridized carbons (Fsp3) is 0.111. The third-order valence-corrected chi connectivity index (χ3v) is 4.84. The van der Waals surface area contributed by atoms with Crippen molar-refractivity contribution >= 4 is 38.9 Å². The summed E-state index contributed by atoms with van der Waals surface area (Å²) < 4.78 is 0.827. The fourth-order valence-corrected chi connectivity index (χ4v) is 3.46. The molecule has 128 valence electrons. The number of rotatable bonds is 5. The Hall–Kier alpha value is -2.74. The molecule has 1 atom stereocenters. The van der Waals surface area contributed by atoms with Crippen LogP contribution in [0, 0.1) is 0 Å². The SMILES string of the molecule is N[C@@H](Cc1ccccc1)C(=O)Nc1ccc2cc(C(=O)NO)sc2c1. The van der Waals surface area contributed by atoms with Crippen LogP contribution in [-0.2, 0) is 11.2 Å². The molecule has 1 heterocycles. The van der Waals surface area contributed by atoms with E-state index in [4.69, 9.17) is 10.9 Å². The molecule has 3 aromatic rings. The summed E-state index contributed by atoms with van der Waals surface area (Å²) in [6.07, 6.45) is 0.453. The minimum absolute atomic E-state index is 0.270. The molecule has 3 rings (SSSR count). The zero-order valence-corrected chi connectivity index (χ0v) is 14.0. The molecule has 25 heavy (non-hydrogen) atoms. The van der Waals surface area contributed by atoms with Gasteiger partial charge in [0.1, 0.15) is 0 Å². The number of hydrogen-bond acceptors (Lipinski definition) is 5. The molecule has 0 saturated carbocycles. The molecule has 1 aromatic heterocycles. The Morgan fingerprint density at radius 2 is 1.88 bits per heavy atom. The second-order valence-electron chi connectivity index (χ2n) is 5.59. The van der Waals surface area contributed by atoms with Crippen LogP contribution >= 0.6 is 11.3 Å². The summed E-state index contributed by atoms with van der Waals surface area (Å²) in [5, 5.41) is 12.4. The number of benzene rings is 2. The van der Waals surface area contributed by atoms with Gasteiger partial charge >= 0.3 is 0 Å². The molecule has 0 radical (unpaired) electrons. The van der Waals surface area contributed by atoms with Gasteiger partial charge in [0.05, 0.1) is 10.9 Å². The molecule has 2 aromatic carbocycles. The number of carbonyl (C=O) groups excluding carboxylic acids is 2. The van der Waals surface area contributed by atoms with E-state index in [1.165, 1.54) is 11.3 Å². The normalized spacial score (nSPS) is 11.9. The van der Waals surface area contributed by atoms with Gasteiger partial charge in [0.15, 0.2) is 0 Å². The minimum Gasteiger partial charge on any atom is -0.325 e. The second kappa shape index (κ2) is 7.43. The van der Waals surface area contributed by atoms with Gasteiger partial charge in [0, 0.05) is 10.4 Å². The first-order chi connectivity index (χ1) is 12.1. The van der Waals surface area contributed by atoms with Gasteiger partial charge in [-0.05, 0) is 35.6 Å². The Morgan fingerprint density at radius 3 is 2.60 bits per heavy atom. The average molecular weight is 355 g/mol. The maximum atomic E-state index is 12.3. The Labute approximate surface area is 148 Å². The molecular formula is C18H17N3O3S. The van der Waals surface area contributed by atoms with Gasteiger partial charge in [-0.25, -0.2) is 5.48 Å². The highest BCUT2D eigenvalue weighted by Crippen LogP contribution is 2.28. The Kier molecular flexibility index (Phi) is 5.08. The van der Waals surface area contributed by atoms with Crippen LogP contribution in [0.1, 0.15) is 15.2 Å². The standard InChI is InChI=1S/C18H17N3O3S/c19-14(8-11-4-2-1-3-5-11)17(22)20-13-7-6-12-9-16(18(23)21-24)25-15(12)10-13/h1-7,9-10,14,24H,8,19H2,(H,20,22)(H,21,23)/t14-/m0/s1. The number of anilines is 1. The average Bonchev–Trinajstić information content (AvgIpc) is 3.05. The number of fused-ring (bicyclic) bond motifs is 1. The van der Waals surface area contributed by atoms with Crippen LogP contribution in [0.4, 0.5) is 5.69 Å². The van der Waals surface area contributed by atoms with Crippen LogP contribution in [0.3, 0.4) is 0 Å². The maximum absolute atomic E-state index is 12.3. The molecule has 7 heteroatoms. The van der Waals surface area contributed by atoms with E-state index in [-0.39, 0.29) is 5.91 Å². The number of thiophene rings is 1. The van der Waals surface area contributed by atoms with Crippen molar-refractivity contribution in [1.82, 2.24) is 5.48 Å². The predicted octanol–water partition coefficient (Wildman–Crippen LogP) is 2.53. The van der Waals surface area contributed by atoms with Crippen molar-refractivity contribution in [2.45, 2.75) is 12.5 Å². The van der Waals surface area contributed by atoms with E-state index in [0.717, 1.165) is 15.6 Å². The molecule has 0 saturated heterocycles. The molecule has 0 unspecified atom stereocenters. The van der Waals surface area contributed by atoms with E-state index >= 15 is 0 Å². The number of hydrogen-bond donors (Lipinski definition) is 4. The topological polar surface area (TPSA) is 104 Å². The smallest absolute Gasteiger partial charge is 0.284 e. The van der Waals surface area contributed by atoms with E-state index in [1.807, 2.05) is 30.3 Å². The molecular weight excluding hydrogens is 338 g/mol. The van der Waals surface area contributed by atoms with Crippen molar-refractivity contribution in [2.24, 2.45) is 5.73 Å². The zero-order chi connectivity index (χ0) is 17.8. The lowest BCUT2D eigenvalue weighted by Crippen LogP contribution is -2.37. The van der Waals surface area contributed by atoms with Crippen LogP contribution in [0.2, 0.25) is 0 Å². The van der Waals surface area contributed by atoms with Crippen LogP contribution in [0.25, 0.3) is 10.1 Å². The van der Waals surface area contributed by atoms with E-state index in [2.05, 4.69) is 5.32 Å². The summed E-state index contributed by atoms with van der Waals surface area (Å²) >= 11 is 1.23. The summed E-state index contributed by atoms with van der Waals surface area (Å²) in [6.45, 7) is 0. The molecule has 0 bridgehead atoms. The molecule has 0 aliphatic heterocycles. The van der Waals surface area contributed by atoms with Gasteiger partial charge in [0.25, 0.3) is 5.91 Å². The Bertz CT molecular complexity index is 908. The first-order valence-electron chi connectivity index (χ1n) is 7.65. The van der Waals surface area contributed by atoms with Crippen LogP contribution in [0.5, 0.6) is 0 Å². The fourth-order valence-electron chi connectivity index (χ4n) is 2.47. The van der Waals surface area contributed by atoms with Crippen molar-refractivity contribution < 1.29 is 14.8 Å². The maximum Gasteiger partial charge on any atom is 0.284 e. The van der Waals surface area contributed by atoms with Crippen molar-refractivity contribution in [3.8, 4) is 0 Å². The highest BCUT2D eigenvalue weighted by atomic mass is 32.1. The van der Waals surface area contributed by atoms with Gasteiger partial charge in [-0.3, -0.25) is 14.8 Å². The van der Waals surface area contributed by atoms with Gasteiger partial charge < -0.3 is 11.1 Å². The summed E-state index contributed by atoms with van der Waals surface area (Å²) in [7, 11) is 0. The third kappa shape index (κ3) is 4.03. The molecule has 0 spiro atoms. The van der Waals surface area contributed by atoms with Crippen LogP contribution < -0.4 is 16.5 Å². The summed E-state index contributed by atoms with van der Waals surface area (Å²) in [4.78, 5) is 24.1. The van der Waals surface area contributed by atoms with Gasteiger partial charge in [0.2, 0.25) is 5.91 Å². The molecule has 2 amide bonds. The zero-order valence-electron chi connectivity index (χ0n) is 13.2. The van der Waals surface area contributed by atoms with E-state index in [1.54, 1.807) is 29.7 Å². The number of nitrogens with two attached hydrogens (primary N) is 1. The quantitative estimate of drug-likeness (QED) is 0.417. The van der Waals surface area contributed by atoms with Crippen molar-refractivity contribution in [3.05, 3.63) is 65.0 Å². The lowest BCUT2D eigenvalue weighted by Gasteiger charge is -2.12. The van der Waals surface area contributed by atoms with E-state index < -0.39 is 11.9 Å². The molecule has 0 aliphatic rings. The van der Waals surface area contributed by atoms with Crippen molar-refractivity contribution in [2.75, 3.05) is 5.32 Å². The van der Waals surface area contributed by atoms with E-state index in [9.17, 15) is 9.59 Å². The minimum atomic E-state index is -0.655. The Morgan fingerprint density at radius 1 is 1.12 bits per heavy atom. The molecule has 0 fully saturated rings. The van der Waals surface area contributed by atoms with Crippen molar-refractivity contribution in [3.63, 3.8) is 0 Å².